The maximum absolute atomic E-state index is 9.98. The lowest BCUT2D eigenvalue weighted by molar-refractivity contribution is -0.136. The summed E-state index contributed by atoms with van der Waals surface area (Å²) in [6, 6.07) is 0. The molecule has 0 atom stereocenters. The summed E-state index contributed by atoms with van der Waals surface area (Å²) in [6.07, 6.45) is 0. The Balaban J connectivity index is 0.000000223. The van der Waals surface area contributed by atoms with E-state index >= 15 is 0 Å². The Morgan fingerprint density at radius 2 is 2.00 bits per heavy atom. The first-order chi connectivity index (χ1) is 6.16. The first-order valence-corrected chi connectivity index (χ1v) is 4.72. The molecule has 0 saturated carbocycles. The zero-order valence-corrected chi connectivity index (χ0v) is 7.86. The number of aliphatic carboxylic acids is 1. The van der Waals surface area contributed by atoms with E-state index in [2.05, 4.69) is 14.4 Å². The van der Waals surface area contributed by atoms with Gasteiger partial charge in [-0.05, 0) is 0 Å². The van der Waals surface area contributed by atoms with Crippen LogP contribution in [-0.2, 0) is 18.4 Å². The number of hydrogen-bond acceptors (Lipinski definition) is 6. The van der Waals surface area contributed by atoms with Crippen LogP contribution in [0.4, 0.5) is 0 Å². The van der Waals surface area contributed by atoms with E-state index in [0.717, 1.165) is 0 Å². The van der Waals surface area contributed by atoms with Crippen molar-refractivity contribution in [1.82, 2.24) is 5.32 Å². The molecule has 7 nitrogen and oxygen atoms in total. The molecule has 1 aliphatic rings. The first-order valence-electron chi connectivity index (χ1n) is 3.49. The molecule has 0 aromatic rings. The molecule has 8 heteroatoms. The second-order valence-corrected chi connectivity index (χ2v) is 3.00. The molecule has 3 N–H and O–H groups in total. The smallest absolute Gasteiger partial charge is 0.319 e. The Bertz CT molecular complexity index is 166. The van der Waals surface area contributed by atoms with Crippen molar-refractivity contribution in [2.24, 2.45) is 0 Å². The van der Waals surface area contributed by atoms with E-state index in [1.807, 2.05) is 0 Å². The standard InChI is InChI=1S/C3H7NO3.C2H5O3P/c5-2-4-1-3(6)7;3-6-4-1-2-5-6/h4-5H,1-2H2,(H,6,7);6H,1-2H2. The van der Waals surface area contributed by atoms with Crippen molar-refractivity contribution in [1.29, 1.82) is 0 Å². The molecule has 0 aliphatic carbocycles. The fraction of sp³-hybridized carbons (Fsp3) is 0.800. The minimum Gasteiger partial charge on any atom is -0.480 e. The molecular weight excluding hydrogens is 201 g/mol. The highest BCUT2D eigenvalue weighted by molar-refractivity contribution is 7.33. The van der Waals surface area contributed by atoms with Crippen LogP contribution in [0.15, 0.2) is 0 Å². The summed E-state index contributed by atoms with van der Waals surface area (Å²) in [5, 5.41) is 18.0. The molecule has 13 heavy (non-hydrogen) atoms. The SMILES string of the molecule is O=C(O)CNCO.O=[PH]1OCCO1. The minimum atomic E-state index is -2.01. The van der Waals surface area contributed by atoms with Crippen LogP contribution < -0.4 is 5.32 Å². The molecule has 1 rings (SSSR count). The van der Waals surface area contributed by atoms with Gasteiger partial charge in [-0.3, -0.25) is 14.7 Å². The van der Waals surface area contributed by atoms with E-state index in [4.69, 9.17) is 10.2 Å². The van der Waals surface area contributed by atoms with E-state index in [1.54, 1.807) is 0 Å². The summed E-state index contributed by atoms with van der Waals surface area (Å²) in [5.41, 5.74) is 0. The summed E-state index contributed by atoms with van der Waals surface area (Å²) in [4.78, 5) is 9.58. The Labute approximate surface area is 75.6 Å². The fourth-order valence-electron chi connectivity index (χ4n) is 0.455. The summed E-state index contributed by atoms with van der Waals surface area (Å²) >= 11 is 0. The fourth-order valence-corrected chi connectivity index (χ4v) is 1.04. The third-order valence-corrected chi connectivity index (χ3v) is 1.79. The number of carboxylic acid groups (broad SMARTS) is 1. The van der Waals surface area contributed by atoms with Crippen LogP contribution in [0.25, 0.3) is 0 Å². The summed E-state index contributed by atoms with van der Waals surface area (Å²) < 4.78 is 18.9. The number of nitrogens with one attached hydrogen (secondary N) is 1. The normalized spacial score (nSPS) is 16.4. The Kier molecular flexibility index (Phi) is 7.86. The maximum atomic E-state index is 9.98. The first kappa shape index (κ1) is 12.5. The molecule has 0 aromatic carbocycles. The molecule has 0 amide bonds. The number of aliphatic hydroxyl groups is 1. The Hall–Kier alpha value is -0.460. The minimum absolute atomic E-state index is 0.184. The third kappa shape index (κ3) is 9.45. The van der Waals surface area contributed by atoms with Gasteiger partial charge in [-0.25, -0.2) is 0 Å². The van der Waals surface area contributed by atoms with Crippen molar-refractivity contribution in [2.45, 2.75) is 0 Å². The van der Waals surface area contributed by atoms with Crippen LogP contribution in [0.3, 0.4) is 0 Å². The van der Waals surface area contributed by atoms with Crippen LogP contribution in [0, 0.1) is 0 Å². The van der Waals surface area contributed by atoms with Crippen molar-refractivity contribution in [3.63, 3.8) is 0 Å². The van der Waals surface area contributed by atoms with Gasteiger partial charge < -0.3 is 19.3 Å². The van der Waals surface area contributed by atoms with E-state index in [-0.39, 0.29) is 13.3 Å². The third-order valence-electron chi connectivity index (χ3n) is 0.911. The number of aliphatic hydroxyl groups excluding tert-OH is 1. The lowest BCUT2D eigenvalue weighted by Crippen LogP contribution is -2.22. The van der Waals surface area contributed by atoms with Gasteiger partial charge in [0, 0.05) is 0 Å². The average molecular weight is 213 g/mol. The average Bonchev–Trinajstić information content (AvgIpc) is 2.53. The predicted molar refractivity (Wildman–Crippen MR) is 43.6 cm³/mol. The molecule has 0 bridgehead atoms. The topological polar surface area (TPSA) is 105 Å². The molecule has 0 radical (unpaired) electrons. The molecule has 1 fully saturated rings. The zero-order valence-electron chi connectivity index (χ0n) is 6.86. The number of carboxylic acids is 1. The van der Waals surface area contributed by atoms with Crippen LogP contribution in [0.1, 0.15) is 0 Å². The van der Waals surface area contributed by atoms with E-state index in [9.17, 15) is 9.36 Å². The lowest BCUT2D eigenvalue weighted by Gasteiger charge is -1.90. The van der Waals surface area contributed by atoms with Crippen molar-refractivity contribution < 1.29 is 28.6 Å². The van der Waals surface area contributed by atoms with Crippen LogP contribution in [0.2, 0.25) is 0 Å². The molecule has 1 saturated heterocycles. The lowest BCUT2D eigenvalue weighted by atomic mass is 10.7. The van der Waals surface area contributed by atoms with Gasteiger partial charge in [-0.15, -0.1) is 0 Å². The molecule has 0 spiro atoms. The van der Waals surface area contributed by atoms with Gasteiger partial charge in [-0.2, -0.15) is 0 Å². The quantitative estimate of drug-likeness (QED) is 0.409. The number of hydrogen-bond donors (Lipinski definition) is 3. The molecule has 0 aromatic heterocycles. The molecule has 0 unspecified atom stereocenters. The number of carbonyl (C=O) groups is 1. The van der Waals surface area contributed by atoms with Gasteiger partial charge in [0.1, 0.15) is 0 Å². The molecular formula is C5H12NO6P. The van der Waals surface area contributed by atoms with Crippen LogP contribution in [0.5, 0.6) is 0 Å². The Morgan fingerprint density at radius 1 is 1.46 bits per heavy atom. The number of rotatable bonds is 3. The van der Waals surface area contributed by atoms with Gasteiger partial charge in [0.05, 0.1) is 26.5 Å². The maximum Gasteiger partial charge on any atom is 0.319 e. The van der Waals surface area contributed by atoms with Gasteiger partial charge in [0.25, 0.3) is 0 Å². The van der Waals surface area contributed by atoms with E-state index < -0.39 is 14.2 Å². The van der Waals surface area contributed by atoms with Crippen molar-refractivity contribution in [2.75, 3.05) is 26.5 Å². The van der Waals surface area contributed by atoms with Crippen molar-refractivity contribution in [3.8, 4) is 0 Å². The second-order valence-electron chi connectivity index (χ2n) is 1.93. The summed E-state index contributed by atoms with van der Waals surface area (Å²) in [6.45, 7) is 0.526. The predicted octanol–water partition coefficient (Wildman–Crippen LogP) is -0.967. The van der Waals surface area contributed by atoms with Crippen molar-refractivity contribution >= 4 is 14.2 Å². The molecule has 1 heterocycles. The van der Waals surface area contributed by atoms with Crippen LogP contribution in [-0.4, -0.2) is 42.7 Å². The highest BCUT2D eigenvalue weighted by atomic mass is 31.1. The van der Waals surface area contributed by atoms with Crippen molar-refractivity contribution in [3.05, 3.63) is 0 Å². The van der Waals surface area contributed by atoms with Gasteiger partial charge in [0.15, 0.2) is 0 Å². The molecule has 78 valence electrons. The second kappa shape index (κ2) is 8.15. The monoisotopic (exact) mass is 213 g/mol. The highest BCUT2D eigenvalue weighted by Crippen LogP contribution is 2.27. The summed E-state index contributed by atoms with van der Waals surface area (Å²) in [7, 11) is -2.01. The zero-order chi connectivity index (χ0) is 10.1. The summed E-state index contributed by atoms with van der Waals surface area (Å²) in [5.74, 6) is -0.964. The van der Waals surface area contributed by atoms with Gasteiger partial charge >= 0.3 is 14.2 Å². The van der Waals surface area contributed by atoms with E-state index in [1.165, 1.54) is 0 Å². The Morgan fingerprint density at radius 3 is 2.15 bits per heavy atom. The largest absolute Gasteiger partial charge is 0.480 e. The van der Waals surface area contributed by atoms with Gasteiger partial charge in [0.2, 0.25) is 0 Å². The van der Waals surface area contributed by atoms with Crippen LogP contribution >= 0.6 is 8.25 Å². The molecule has 1 aliphatic heterocycles. The highest BCUT2D eigenvalue weighted by Gasteiger charge is 2.05. The van der Waals surface area contributed by atoms with E-state index in [0.29, 0.717) is 13.2 Å². The van der Waals surface area contributed by atoms with Gasteiger partial charge in [-0.1, -0.05) is 0 Å².